The van der Waals surface area contributed by atoms with Gasteiger partial charge in [-0.3, -0.25) is 0 Å². The smallest absolute Gasteiger partial charge is 0.142 e. The topological polar surface area (TPSA) is 21.7 Å². The van der Waals surface area contributed by atoms with Gasteiger partial charge >= 0.3 is 0 Å². The number of hydrogen-bond acceptors (Lipinski definition) is 3. The largest absolute Gasteiger partial charge is 0.494 e. The molecule has 1 aromatic rings. The summed E-state index contributed by atoms with van der Waals surface area (Å²) in [6, 6.07) is 6.01. The molecule has 0 amide bonds. The van der Waals surface area contributed by atoms with E-state index in [4.69, 9.17) is 9.47 Å². The highest BCUT2D eigenvalue weighted by Gasteiger charge is 2.10. The zero-order valence-corrected chi connectivity index (χ0v) is 11.3. The molecule has 1 rings (SSSR count). The van der Waals surface area contributed by atoms with Crippen LogP contribution >= 0.6 is 0 Å². The lowest BCUT2D eigenvalue weighted by atomic mass is 10.2. The highest BCUT2D eigenvalue weighted by Crippen LogP contribution is 2.32. The Hall–Kier alpha value is -1.38. The first-order chi connectivity index (χ1) is 8.26. The van der Waals surface area contributed by atoms with E-state index < -0.39 is 0 Å². The number of benzene rings is 1. The van der Waals surface area contributed by atoms with Gasteiger partial charge in [0.15, 0.2) is 0 Å². The summed E-state index contributed by atoms with van der Waals surface area (Å²) in [6.45, 7) is 11.6. The molecule has 0 fully saturated rings. The van der Waals surface area contributed by atoms with Gasteiger partial charge in [0, 0.05) is 19.2 Å². The molecule has 0 aliphatic heterocycles. The first-order valence-corrected chi connectivity index (χ1v) is 6.41. The van der Waals surface area contributed by atoms with Crippen molar-refractivity contribution in [3.8, 4) is 11.5 Å². The quantitative estimate of drug-likeness (QED) is 0.726. The van der Waals surface area contributed by atoms with Gasteiger partial charge in [-0.1, -0.05) is 0 Å². The van der Waals surface area contributed by atoms with Gasteiger partial charge in [-0.25, -0.2) is 0 Å². The summed E-state index contributed by atoms with van der Waals surface area (Å²) in [5.41, 5.74) is 1.11. The Balaban J connectivity index is 3.05. The molecule has 0 saturated carbocycles. The number of hydrogen-bond donors (Lipinski definition) is 0. The van der Waals surface area contributed by atoms with Crippen molar-refractivity contribution in [3.05, 3.63) is 18.2 Å². The molecule has 0 saturated heterocycles. The van der Waals surface area contributed by atoms with Crippen LogP contribution in [0.2, 0.25) is 0 Å². The lowest BCUT2D eigenvalue weighted by Gasteiger charge is -2.24. The van der Waals surface area contributed by atoms with Crippen LogP contribution in [0.15, 0.2) is 18.2 Å². The lowest BCUT2D eigenvalue weighted by Crippen LogP contribution is -2.22. The van der Waals surface area contributed by atoms with E-state index in [1.807, 2.05) is 26.0 Å². The fourth-order valence-electron chi connectivity index (χ4n) is 1.84. The molecule has 17 heavy (non-hydrogen) atoms. The Morgan fingerprint density at radius 2 is 1.59 bits per heavy atom. The Morgan fingerprint density at radius 3 is 2.12 bits per heavy atom. The maximum Gasteiger partial charge on any atom is 0.142 e. The zero-order valence-electron chi connectivity index (χ0n) is 11.3. The van der Waals surface area contributed by atoms with Crippen molar-refractivity contribution < 1.29 is 9.47 Å². The third-order valence-corrected chi connectivity index (χ3v) is 2.65. The maximum absolute atomic E-state index is 5.66. The van der Waals surface area contributed by atoms with E-state index in [1.165, 1.54) is 0 Å². The predicted octanol–water partition coefficient (Wildman–Crippen LogP) is 3.33. The number of rotatable bonds is 7. The molecule has 0 aromatic heterocycles. The van der Waals surface area contributed by atoms with Crippen LogP contribution in [-0.2, 0) is 0 Å². The molecule has 0 bridgehead atoms. The summed E-state index contributed by atoms with van der Waals surface area (Å²) in [5.74, 6) is 1.83. The highest BCUT2D eigenvalue weighted by atomic mass is 16.5. The van der Waals surface area contributed by atoms with E-state index in [-0.39, 0.29) is 0 Å². The Kier molecular flexibility index (Phi) is 5.67. The Bertz CT molecular complexity index is 335. The molecule has 0 aliphatic carbocycles. The first kappa shape index (κ1) is 13.7. The third-order valence-electron chi connectivity index (χ3n) is 2.65. The summed E-state index contributed by atoms with van der Waals surface area (Å²) in [5, 5.41) is 0. The molecular formula is C14H23NO2. The van der Waals surface area contributed by atoms with Crippen LogP contribution in [0.3, 0.4) is 0 Å². The minimum atomic E-state index is 0.683. The van der Waals surface area contributed by atoms with Crippen molar-refractivity contribution in [2.75, 3.05) is 31.2 Å². The maximum atomic E-state index is 5.66. The predicted molar refractivity (Wildman–Crippen MR) is 72.3 cm³/mol. The van der Waals surface area contributed by atoms with Crippen molar-refractivity contribution in [1.29, 1.82) is 0 Å². The molecule has 0 aliphatic rings. The molecular weight excluding hydrogens is 214 g/mol. The van der Waals surface area contributed by atoms with Crippen molar-refractivity contribution in [2.24, 2.45) is 0 Å². The van der Waals surface area contributed by atoms with Gasteiger partial charge in [0.1, 0.15) is 11.5 Å². The standard InChI is InChI=1S/C14H23NO2/c1-5-15(6-2)13-11-12(16-7-3)9-10-14(13)17-8-4/h9-11H,5-8H2,1-4H3. The summed E-state index contributed by atoms with van der Waals surface area (Å²) in [7, 11) is 0. The molecule has 1 aromatic carbocycles. The van der Waals surface area contributed by atoms with Gasteiger partial charge in [0.2, 0.25) is 0 Å². The van der Waals surface area contributed by atoms with Crippen LogP contribution in [0, 0.1) is 0 Å². The van der Waals surface area contributed by atoms with Crippen LogP contribution in [-0.4, -0.2) is 26.3 Å². The summed E-state index contributed by atoms with van der Waals surface area (Å²) in [4.78, 5) is 2.27. The van der Waals surface area contributed by atoms with Gasteiger partial charge in [0.05, 0.1) is 18.9 Å². The van der Waals surface area contributed by atoms with Gasteiger partial charge < -0.3 is 14.4 Å². The van der Waals surface area contributed by atoms with Crippen molar-refractivity contribution in [3.63, 3.8) is 0 Å². The minimum Gasteiger partial charge on any atom is -0.494 e. The second-order valence-corrected chi connectivity index (χ2v) is 3.67. The molecule has 0 N–H and O–H groups in total. The average Bonchev–Trinajstić information content (AvgIpc) is 2.34. The van der Waals surface area contributed by atoms with E-state index in [2.05, 4.69) is 24.8 Å². The van der Waals surface area contributed by atoms with Gasteiger partial charge in [-0.2, -0.15) is 0 Å². The first-order valence-electron chi connectivity index (χ1n) is 6.41. The summed E-state index contributed by atoms with van der Waals surface area (Å²) < 4.78 is 11.2. The van der Waals surface area contributed by atoms with Crippen molar-refractivity contribution in [1.82, 2.24) is 0 Å². The van der Waals surface area contributed by atoms with Crippen LogP contribution in [0.1, 0.15) is 27.7 Å². The third kappa shape index (κ3) is 3.55. The summed E-state index contributed by atoms with van der Waals surface area (Å²) in [6.07, 6.45) is 0. The molecule has 96 valence electrons. The number of anilines is 1. The molecule has 3 heteroatoms. The fraction of sp³-hybridized carbons (Fsp3) is 0.571. The fourth-order valence-corrected chi connectivity index (χ4v) is 1.84. The van der Waals surface area contributed by atoms with E-state index >= 15 is 0 Å². The average molecular weight is 237 g/mol. The minimum absolute atomic E-state index is 0.683. The van der Waals surface area contributed by atoms with Crippen molar-refractivity contribution >= 4 is 5.69 Å². The molecule has 0 unspecified atom stereocenters. The Morgan fingerprint density at radius 1 is 0.941 bits per heavy atom. The molecule has 0 heterocycles. The van der Waals surface area contributed by atoms with Gasteiger partial charge in [-0.15, -0.1) is 0 Å². The number of nitrogens with zero attached hydrogens (tertiary/aromatic N) is 1. The second kappa shape index (κ2) is 7.05. The number of ether oxygens (including phenoxy) is 2. The molecule has 0 radical (unpaired) electrons. The van der Waals surface area contributed by atoms with E-state index in [1.54, 1.807) is 0 Å². The molecule has 3 nitrogen and oxygen atoms in total. The SMILES string of the molecule is CCOc1ccc(OCC)c(N(CC)CC)c1. The van der Waals surface area contributed by atoms with E-state index in [0.29, 0.717) is 13.2 Å². The monoisotopic (exact) mass is 237 g/mol. The normalized spacial score (nSPS) is 10.1. The van der Waals surface area contributed by atoms with Gasteiger partial charge in [0.25, 0.3) is 0 Å². The zero-order chi connectivity index (χ0) is 12.7. The van der Waals surface area contributed by atoms with Crippen LogP contribution in [0.5, 0.6) is 11.5 Å². The van der Waals surface area contributed by atoms with E-state index in [9.17, 15) is 0 Å². The summed E-state index contributed by atoms with van der Waals surface area (Å²) >= 11 is 0. The lowest BCUT2D eigenvalue weighted by molar-refractivity contribution is 0.331. The van der Waals surface area contributed by atoms with Crippen LogP contribution in [0.25, 0.3) is 0 Å². The Labute approximate surface area is 104 Å². The van der Waals surface area contributed by atoms with E-state index in [0.717, 1.165) is 30.3 Å². The second-order valence-electron chi connectivity index (χ2n) is 3.67. The molecule has 0 spiro atoms. The molecule has 0 atom stereocenters. The van der Waals surface area contributed by atoms with Crippen molar-refractivity contribution in [2.45, 2.75) is 27.7 Å². The van der Waals surface area contributed by atoms with Crippen LogP contribution < -0.4 is 14.4 Å². The van der Waals surface area contributed by atoms with Gasteiger partial charge in [-0.05, 0) is 39.8 Å². The highest BCUT2D eigenvalue weighted by molar-refractivity contribution is 5.61. The van der Waals surface area contributed by atoms with Crippen LogP contribution in [0.4, 0.5) is 5.69 Å².